The Bertz CT molecular complexity index is 1030. The fourth-order valence-corrected chi connectivity index (χ4v) is 2.91. The third-order valence-corrected chi connectivity index (χ3v) is 4.31. The van der Waals surface area contributed by atoms with Gasteiger partial charge in [0.2, 0.25) is 0 Å². The number of nitrogens with one attached hydrogen (secondary N) is 2. The minimum atomic E-state index is -0.550. The summed E-state index contributed by atoms with van der Waals surface area (Å²) in [5.74, 6) is 0.414. The topological polar surface area (TPSA) is 93.5 Å². The maximum absolute atomic E-state index is 12.8. The summed E-state index contributed by atoms with van der Waals surface area (Å²) in [6.07, 6.45) is -0.550. The van der Waals surface area contributed by atoms with Crippen LogP contribution in [0.2, 0.25) is 0 Å². The Labute approximate surface area is 155 Å². The first-order chi connectivity index (χ1) is 13.0. The molecular formula is C20H17N3O4. The summed E-state index contributed by atoms with van der Waals surface area (Å²) in [5.41, 5.74) is 2.68. The first kappa shape index (κ1) is 16.8. The molecule has 2 aromatic carbocycles. The first-order valence-corrected chi connectivity index (χ1v) is 8.47. The number of carbonyl (C=O) groups excluding carboxylic acids is 2. The molecule has 4 rings (SSSR count). The Morgan fingerprint density at radius 2 is 1.96 bits per heavy atom. The highest BCUT2D eigenvalue weighted by molar-refractivity contribution is 6.09. The maximum Gasteiger partial charge on any atom is 0.265 e. The SMILES string of the molecule is Cc1onc(-c2ccccc2)c1C(=O)Nc1ccc2c(c1)NC(=O)[C@@H](C)O2. The van der Waals surface area contributed by atoms with Gasteiger partial charge >= 0.3 is 0 Å². The zero-order valence-electron chi connectivity index (χ0n) is 14.8. The molecular weight excluding hydrogens is 346 g/mol. The van der Waals surface area contributed by atoms with Crippen LogP contribution in [0, 0.1) is 6.92 Å². The van der Waals surface area contributed by atoms with Crippen molar-refractivity contribution < 1.29 is 18.8 Å². The Balaban J connectivity index is 1.62. The number of ether oxygens (including phenoxy) is 1. The van der Waals surface area contributed by atoms with Crippen molar-refractivity contribution >= 4 is 23.2 Å². The van der Waals surface area contributed by atoms with E-state index in [1.54, 1.807) is 32.0 Å². The van der Waals surface area contributed by atoms with Crippen LogP contribution in [0.1, 0.15) is 23.0 Å². The molecule has 0 radical (unpaired) electrons. The third kappa shape index (κ3) is 3.15. The largest absolute Gasteiger partial charge is 0.479 e. The standard InChI is InChI=1S/C20H17N3O4/c1-11-17(18(23-27-11)13-6-4-3-5-7-13)20(25)21-14-8-9-16-15(10-14)22-19(24)12(2)26-16/h3-10,12H,1-2H3,(H,21,25)(H,22,24)/t12-/m1/s1. The van der Waals surface area contributed by atoms with Crippen molar-refractivity contribution in [1.29, 1.82) is 0 Å². The van der Waals surface area contributed by atoms with Crippen LogP contribution in [0.25, 0.3) is 11.3 Å². The lowest BCUT2D eigenvalue weighted by Gasteiger charge is -2.23. The summed E-state index contributed by atoms with van der Waals surface area (Å²) < 4.78 is 10.8. The van der Waals surface area contributed by atoms with Gasteiger partial charge in [-0.1, -0.05) is 35.5 Å². The zero-order chi connectivity index (χ0) is 19.0. The summed E-state index contributed by atoms with van der Waals surface area (Å²) in [4.78, 5) is 24.6. The molecule has 2 amide bonds. The predicted molar refractivity (Wildman–Crippen MR) is 99.8 cm³/mol. The summed E-state index contributed by atoms with van der Waals surface area (Å²) >= 11 is 0. The second-order valence-corrected chi connectivity index (χ2v) is 6.24. The van der Waals surface area contributed by atoms with Gasteiger partial charge in [-0.2, -0.15) is 0 Å². The van der Waals surface area contributed by atoms with E-state index in [1.165, 1.54) is 0 Å². The highest BCUT2D eigenvalue weighted by Gasteiger charge is 2.25. The van der Waals surface area contributed by atoms with Gasteiger partial charge in [0.25, 0.3) is 11.8 Å². The number of hydrogen-bond donors (Lipinski definition) is 2. The summed E-state index contributed by atoms with van der Waals surface area (Å²) in [7, 11) is 0. The van der Waals surface area contributed by atoms with Crippen LogP contribution in [-0.2, 0) is 4.79 Å². The van der Waals surface area contributed by atoms with Crippen molar-refractivity contribution in [2.75, 3.05) is 10.6 Å². The summed E-state index contributed by atoms with van der Waals surface area (Å²) in [6, 6.07) is 14.4. The Hall–Kier alpha value is -3.61. The number of rotatable bonds is 3. The molecule has 0 bridgehead atoms. The molecule has 2 N–H and O–H groups in total. The molecule has 0 aliphatic carbocycles. The van der Waals surface area contributed by atoms with Crippen molar-refractivity contribution in [2.24, 2.45) is 0 Å². The van der Waals surface area contributed by atoms with Gasteiger partial charge in [0.05, 0.1) is 5.69 Å². The molecule has 0 spiro atoms. The van der Waals surface area contributed by atoms with Gasteiger partial charge < -0.3 is 19.9 Å². The van der Waals surface area contributed by atoms with Crippen LogP contribution in [0.3, 0.4) is 0 Å². The van der Waals surface area contributed by atoms with Crippen molar-refractivity contribution in [3.63, 3.8) is 0 Å². The van der Waals surface area contributed by atoms with E-state index in [0.29, 0.717) is 34.1 Å². The Morgan fingerprint density at radius 1 is 1.19 bits per heavy atom. The molecule has 2 heterocycles. The molecule has 136 valence electrons. The van der Waals surface area contributed by atoms with E-state index in [9.17, 15) is 9.59 Å². The van der Waals surface area contributed by atoms with E-state index < -0.39 is 6.10 Å². The van der Waals surface area contributed by atoms with Gasteiger partial charge in [-0.15, -0.1) is 0 Å². The van der Waals surface area contributed by atoms with Crippen LogP contribution < -0.4 is 15.4 Å². The average Bonchev–Trinajstić information content (AvgIpc) is 3.05. The average molecular weight is 363 g/mol. The van der Waals surface area contributed by atoms with Gasteiger partial charge in [0.15, 0.2) is 6.10 Å². The summed E-state index contributed by atoms with van der Waals surface area (Å²) in [5, 5.41) is 9.61. The number of hydrogen-bond acceptors (Lipinski definition) is 5. The van der Waals surface area contributed by atoms with E-state index in [2.05, 4.69) is 15.8 Å². The van der Waals surface area contributed by atoms with Gasteiger partial charge in [-0.05, 0) is 32.0 Å². The molecule has 0 fully saturated rings. The monoisotopic (exact) mass is 363 g/mol. The Kier molecular flexibility index (Phi) is 4.12. The molecule has 0 saturated heterocycles. The Morgan fingerprint density at radius 3 is 2.74 bits per heavy atom. The van der Waals surface area contributed by atoms with Crippen LogP contribution >= 0.6 is 0 Å². The molecule has 0 saturated carbocycles. The molecule has 0 unspecified atom stereocenters. The lowest BCUT2D eigenvalue weighted by molar-refractivity contribution is -0.122. The number of carbonyl (C=O) groups is 2. The second-order valence-electron chi connectivity index (χ2n) is 6.24. The second kappa shape index (κ2) is 6.60. The van der Waals surface area contributed by atoms with E-state index in [0.717, 1.165) is 5.56 Å². The highest BCUT2D eigenvalue weighted by Crippen LogP contribution is 2.33. The van der Waals surface area contributed by atoms with Crippen LogP contribution in [-0.4, -0.2) is 23.1 Å². The van der Waals surface area contributed by atoms with Crippen LogP contribution in [0.5, 0.6) is 5.75 Å². The molecule has 7 nitrogen and oxygen atoms in total. The predicted octanol–water partition coefficient (Wildman–Crippen LogP) is 3.62. The fourth-order valence-electron chi connectivity index (χ4n) is 2.91. The van der Waals surface area contributed by atoms with E-state index in [1.807, 2.05) is 30.3 Å². The number of aromatic nitrogens is 1. The van der Waals surface area contributed by atoms with Crippen LogP contribution in [0.4, 0.5) is 11.4 Å². The number of benzene rings is 2. The lowest BCUT2D eigenvalue weighted by Crippen LogP contribution is -2.34. The first-order valence-electron chi connectivity index (χ1n) is 8.47. The van der Waals surface area contributed by atoms with Gasteiger partial charge in [-0.25, -0.2) is 0 Å². The molecule has 1 aromatic heterocycles. The van der Waals surface area contributed by atoms with Gasteiger partial charge in [-0.3, -0.25) is 9.59 Å². The number of amides is 2. The van der Waals surface area contributed by atoms with Crippen molar-refractivity contribution in [2.45, 2.75) is 20.0 Å². The minimum absolute atomic E-state index is 0.229. The van der Waals surface area contributed by atoms with Gasteiger partial charge in [0.1, 0.15) is 22.8 Å². The van der Waals surface area contributed by atoms with E-state index in [-0.39, 0.29) is 11.8 Å². The van der Waals surface area contributed by atoms with Crippen molar-refractivity contribution in [3.05, 3.63) is 59.9 Å². The number of aryl methyl sites for hydroxylation is 1. The zero-order valence-corrected chi connectivity index (χ0v) is 14.8. The fraction of sp³-hybridized carbons (Fsp3) is 0.150. The van der Waals surface area contributed by atoms with E-state index >= 15 is 0 Å². The third-order valence-electron chi connectivity index (χ3n) is 4.31. The highest BCUT2D eigenvalue weighted by atomic mass is 16.5. The number of fused-ring (bicyclic) bond motifs is 1. The lowest BCUT2D eigenvalue weighted by atomic mass is 10.1. The van der Waals surface area contributed by atoms with Crippen LogP contribution in [0.15, 0.2) is 53.1 Å². The normalized spacial score (nSPS) is 15.5. The van der Waals surface area contributed by atoms with Crippen molar-refractivity contribution in [1.82, 2.24) is 5.16 Å². The molecule has 1 aliphatic rings. The summed E-state index contributed by atoms with van der Waals surface area (Å²) in [6.45, 7) is 3.37. The molecule has 3 aromatic rings. The quantitative estimate of drug-likeness (QED) is 0.741. The number of anilines is 2. The molecule has 27 heavy (non-hydrogen) atoms. The number of nitrogens with zero attached hydrogens (tertiary/aromatic N) is 1. The van der Waals surface area contributed by atoms with Crippen molar-refractivity contribution in [3.8, 4) is 17.0 Å². The maximum atomic E-state index is 12.8. The van der Waals surface area contributed by atoms with Gasteiger partial charge in [0, 0.05) is 11.3 Å². The smallest absolute Gasteiger partial charge is 0.265 e. The van der Waals surface area contributed by atoms with E-state index in [4.69, 9.17) is 9.26 Å². The minimum Gasteiger partial charge on any atom is -0.479 e. The molecule has 1 atom stereocenters. The molecule has 7 heteroatoms. The molecule has 1 aliphatic heterocycles.